The van der Waals surface area contributed by atoms with Crippen LogP contribution in [0.3, 0.4) is 0 Å². The van der Waals surface area contributed by atoms with Crippen molar-refractivity contribution in [1.82, 2.24) is 9.03 Å². The highest BCUT2D eigenvalue weighted by Crippen LogP contribution is 2.36. The fourth-order valence-corrected chi connectivity index (χ4v) is 4.84. The zero-order valence-electron chi connectivity index (χ0n) is 11.3. The molecule has 0 aromatic heterocycles. The van der Waals surface area contributed by atoms with Gasteiger partial charge in [-0.2, -0.15) is 17.4 Å². The highest BCUT2D eigenvalue weighted by molar-refractivity contribution is 7.99. The van der Waals surface area contributed by atoms with Crippen LogP contribution >= 0.6 is 11.8 Å². The molecule has 1 N–H and O–H groups in total. The maximum atomic E-state index is 12.3. The summed E-state index contributed by atoms with van der Waals surface area (Å²) in [6, 6.07) is 7.91. The van der Waals surface area contributed by atoms with Crippen LogP contribution in [0.1, 0.15) is 31.9 Å². The lowest BCUT2D eigenvalue weighted by atomic mass is 10.1. The van der Waals surface area contributed by atoms with Gasteiger partial charge in [0.1, 0.15) is 0 Å². The number of nitrogens with zero attached hydrogens (tertiary/aromatic N) is 1. The van der Waals surface area contributed by atoms with Gasteiger partial charge >= 0.3 is 0 Å². The predicted octanol–water partition coefficient (Wildman–Crippen LogP) is 2.40. The van der Waals surface area contributed by atoms with Gasteiger partial charge in [-0.05, 0) is 23.8 Å². The quantitative estimate of drug-likeness (QED) is 0.908. The number of thioether (sulfide) groups is 1. The lowest BCUT2D eigenvalue weighted by molar-refractivity contribution is 0.423. The molecule has 0 bridgehead atoms. The molecule has 1 aromatic rings. The molecule has 0 amide bonds. The standard InChI is InChI=1S/C13H20N2O2S2/c1-3-15(4-2)19(16,17)14-12-9-10-18-13-8-6-5-7-11(12)13/h5-8,12,14H,3-4,9-10H2,1-2H3/t12-/m1/s1. The third-order valence-electron chi connectivity index (χ3n) is 3.30. The minimum atomic E-state index is -3.39. The first kappa shape index (κ1) is 14.8. The molecule has 1 heterocycles. The van der Waals surface area contributed by atoms with Gasteiger partial charge in [0, 0.05) is 24.0 Å². The summed E-state index contributed by atoms with van der Waals surface area (Å²) in [5.74, 6) is 0.947. The first-order valence-electron chi connectivity index (χ1n) is 6.57. The van der Waals surface area contributed by atoms with Crippen LogP contribution in [0.4, 0.5) is 0 Å². The maximum absolute atomic E-state index is 12.3. The number of benzene rings is 1. The average molecular weight is 300 g/mol. The smallest absolute Gasteiger partial charge is 0.195 e. The normalized spacial score (nSPS) is 19.4. The molecule has 1 aliphatic rings. The molecule has 19 heavy (non-hydrogen) atoms. The second-order valence-corrected chi connectivity index (χ2v) is 7.27. The van der Waals surface area contributed by atoms with Crippen molar-refractivity contribution in [1.29, 1.82) is 0 Å². The molecule has 1 atom stereocenters. The summed E-state index contributed by atoms with van der Waals surface area (Å²) in [5.41, 5.74) is 1.09. The van der Waals surface area contributed by atoms with E-state index >= 15 is 0 Å². The Hall–Kier alpha value is -0.560. The second kappa shape index (κ2) is 6.26. The third kappa shape index (κ3) is 3.31. The van der Waals surface area contributed by atoms with Gasteiger partial charge in [0.2, 0.25) is 0 Å². The van der Waals surface area contributed by atoms with Crippen LogP contribution < -0.4 is 4.72 Å². The highest BCUT2D eigenvalue weighted by Gasteiger charge is 2.27. The fraction of sp³-hybridized carbons (Fsp3) is 0.538. The van der Waals surface area contributed by atoms with Crippen LogP contribution in [-0.4, -0.2) is 31.6 Å². The fourth-order valence-electron chi connectivity index (χ4n) is 2.28. The Morgan fingerprint density at radius 1 is 1.32 bits per heavy atom. The number of hydrogen-bond acceptors (Lipinski definition) is 3. The Labute approximate surface area is 119 Å². The van der Waals surface area contributed by atoms with E-state index in [2.05, 4.69) is 10.8 Å². The molecule has 0 spiro atoms. The van der Waals surface area contributed by atoms with Gasteiger partial charge in [0.05, 0.1) is 0 Å². The molecule has 106 valence electrons. The first-order valence-corrected chi connectivity index (χ1v) is 9.00. The van der Waals surface area contributed by atoms with Gasteiger partial charge < -0.3 is 0 Å². The van der Waals surface area contributed by atoms with Crippen molar-refractivity contribution in [3.8, 4) is 0 Å². The number of nitrogens with one attached hydrogen (secondary N) is 1. The molecule has 2 rings (SSSR count). The Kier molecular flexibility index (Phi) is 4.89. The molecule has 4 nitrogen and oxygen atoms in total. The van der Waals surface area contributed by atoms with Gasteiger partial charge in [0.25, 0.3) is 10.2 Å². The van der Waals surface area contributed by atoms with E-state index in [4.69, 9.17) is 0 Å². The van der Waals surface area contributed by atoms with Crippen LogP contribution in [-0.2, 0) is 10.2 Å². The van der Waals surface area contributed by atoms with Gasteiger partial charge in [0.15, 0.2) is 0 Å². The summed E-state index contributed by atoms with van der Waals surface area (Å²) in [6.07, 6.45) is 0.835. The SMILES string of the molecule is CCN(CC)S(=O)(=O)N[C@@H]1CCSc2ccccc21. The summed E-state index contributed by atoms with van der Waals surface area (Å²) >= 11 is 1.79. The van der Waals surface area contributed by atoms with Crippen LogP contribution in [0, 0.1) is 0 Å². The Morgan fingerprint density at radius 3 is 2.68 bits per heavy atom. The minimum Gasteiger partial charge on any atom is -0.195 e. The molecular weight excluding hydrogens is 280 g/mol. The topological polar surface area (TPSA) is 49.4 Å². The van der Waals surface area contributed by atoms with E-state index in [0.29, 0.717) is 13.1 Å². The molecular formula is C13H20N2O2S2. The molecule has 0 aliphatic carbocycles. The summed E-state index contributed by atoms with van der Waals surface area (Å²) in [7, 11) is -3.39. The molecule has 0 unspecified atom stereocenters. The Morgan fingerprint density at radius 2 is 2.00 bits per heavy atom. The maximum Gasteiger partial charge on any atom is 0.279 e. The van der Waals surface area contributed by atoms with Crippen molar-refractivity contribution in [3.05, 3.63) is 29.8 Å². The monoisotopic (exact) mass is 300 g/mol. The highest BCUT2D eigenvalue weighted by atomic mass is 32.2. The largest absolute Gasteiger partial charge is 0.279 e. The average Bonchev–Trinajstić information content (AvgIpc) is 2.40. The van der Waals surface area contributed by atoms with Gasteiger partial charge in [-0.3, -0.25) is 0 Å². The second-order valence-electron chi connectivity index (χ2n) is 4.43. The van der Waals surface area contributed by atoms with Crippen LogP contribution in [0.15, 0.2) is 29.2 Å². The zero-order valence-corrected chi connectivity index (χ0v) is 12.9. The molecule has 6 heteroatoms. The minimum absolute atomic E-state index is 0.108. The number of fused-ring (bicyclic) bond motifs is 1. The van der Waals surface area contributed by atoms with Gasteiger partial charge in [-0.15, -0.1) is 11.8 Å². The van der Waals surface area contributed by atoms with Crippen molar-refractivity contribution in [2.75, 3.05) is 18.8 Å². The summed E-state index contributed by atoms with van der Waals surface area (Å²) in [5, 5.41) is 0. The summed E-state index contributed by atoms with van der Waals surface area (Å²) in [6.45, 7) is 4.70. The lowest BCUT2D eigenvalue weighted by Crippen LogP contribution is -2.42. The van der Waals surface area contributed by atoms with Crippen molar-refractivity contribution in [3.63, 3.8) is 0 Å². The van der Waals surface area contributed by atoms with E-state index < -0.39 is 10.2 Å². The number of rotatable bonds is 5. The van der Waals surface area contributed by atoms with Crippen molar-refractivity contribution in [2.45, 2.75) is 31.2 Å². The van der Waals surface area contributed by atoms with Crippen LogP contribution in [0.2, 0.25) is 0 Å². The van der Waals surface area contributed by atoms with Crippen molar-refractivity contribution < 1.29 is 8.42 Å². The van der Waals surface area contributed by atoms with E-state index in [1.807, 2.05) is 32.0 Å². The molecule has 1 aromatic carbocycles. The molecule has 0 radical (unpaired) electrons. The van der Waals surface area contributed by atoms with E-state index in [-0.39, 0.29) is 6.04 Å². The van der Waals surface area contributed by atoms with Gasteiger partial charge in [-0.1, -0.05) is 32.0 Å². The van der Waals surface area contributed by atoms with E-state index in [1.165, 1.54) is 9.20 Å². The van der Waals surface area contributed by atoms with E-state index in [1.54, 1.807) is 11.8 Å². The van der Waals surface area contributed by atoms with E-state index in [0.717, 1.165) is 17.7 Å². The molecule has 0 fully saturated rings. The van der Waals surface area contributed by atoms with E-state index in [9.17, 15) is 8.42 Å². The van der Waals surface area contributed by atoms with Crippen LogP contribution in [0.25, 0.3) is 0 Å². The van der Waals surface area contributed by atoms with Crippen molar-refractivity contribution >= 4 is 22.0 Å². The van der Waals surface area contributed by atoms with Gasteiger partial charge in [-0.25, -0.2) is 0 Å². The number of hydrogen-bond donors (Lipinski definition) is 1. The Bertz CT molecular complexity index is 527. The van der Waals surface area contributed by atoms with Crippen molar-refractivity contribution in [2.24, 2.45) is 0 Å². The predicted molar refractivity (Wildman–Crippen MR) is 79.5 cm³/mol. The molecule has 0 saturated carbocycles. The lowest BCUT2D eigenvalue weighted by Gasteiger charge is -2.28. The molecule has 1 aliphatic heterocycles. The molecule has 0 saturated heterocycles. The zero-order chi connectivity index (χ0) is 13.9. The first-order chi connectivity index (χ1) is 9.08. The summed E-state index contributed by atoms with van der Waals surface area (Å²) < 4.78 is 28.9. The third-order valence-corrected chi connectivity index (χ3v) is 6.20. The van der Waals surface area contributed by atoms with Crippen LogP contribution in [0.5, 0.6) is 0 Å². The summed E-state index contributed by atoms with van der Waals surface area (Å²) in [4.78, 5) is 1.18. The Balaban J connectivity index is 2.21.